The summed E-state index contributed by atoms with van der Waals surface area (Å²) in [6.07, 6.45) is 0.957. The summed E-state index contributed by atoms with van der Waals surface area (Å²) >= 11 is 1.68. The Kier molecular flexibility index (Phi) is 5.23. The minimum absolute atomic E-state index is 0. The van der Waals surface area contributed by atoms with Gasteiger partial charge in [0.15, 0.2) is 10.8 Å². The number of methoxy groups -OCH3 is 1. The van der Waals surface area contributed by atoms with Gasteiger partial charge in [-0.25, -0.2) is 9.97 Å². The molecule has 2 aromatic heterocycles. The fraction of sp³-hybridized carbons (Fsp3) is 0.444. The predicted molar refractivity (Wildman–Crippen MR) is 109 cm³/mol. The van der Waals surface area contributed by atoms with Crippen molar-refractivity contribution in [3.8, 4) is 16.6 Å². The van der Waals surface area contributed by atoms with Crippen molar-refractivity contribution in [1.29, 1.82) is 0 Å². The molecule has 27 heavy (non-hydrogen) atoms. The normalized spacial score (nSPS) is 16.9. The van der Waals surface area contributed by atoms with Gasteiger partial charge in [-0.2, -0.15) is 0 Å². The van der Waals surface area contributed by atoms with Crippen molar-refractivity contribution in [2.45, 2.75) is 13.0 Å². The molecule has 0 aliphatic carbocycles. The van der Waals surface area contributed by atoms with Crippen LogP contribution in [0, 0.1) is 0 Å². The first kappa shape index (κ1) is 18.5. The second-order valence-corrected chi connectivity index (χ2v) is 7.52. The van der Waals surface area contributed by atoms with E-state index in [9.17, 15) is 0 Å². The van der Waals surface area contributed by atoms with Crippen molar-refractivity contribution in [3.63, 3.8) is 0 Å². The first-order chi connectivity index (χ1) is 12.8. The van der Waals surface area contributed by atoms with Crippen molar-refractivity contribution >= 4 is 39.6 Å². The smallest absolute Gasteiger partial charge is 0.167 e. The number of anilines is 1. The zero-order valence-electron chi connectivity index (χ0n) is 15.1. The summed E-state index contributed by atoms with van der Waals surface area (Å²) in [6, 6.07) is 4.14. The van der Waals surface area contributed by atoms with Crippen LogP contribution in [-0.4, -0.2) is 54.9 Å². The Hall–Kier alpha value is -1.87. The molecule has 0 saturated carbocycles. The van der Waals surface area contributed by atoms with E-state index in [4.69, 9.17) is 19.4 Å². The molecule has 1 fully saturated rings. The van der Waals surface area contributed by atoms with Gasteiger partial charge >= 0.3 is 0 Å². The van der Waals surface area contributed by atoms with Gasteiger partial charge in [-0.1, -0.05) is 0 Å². The van der Waals surface area contributed by atoms with E-state index in [0.29, 0.717) is 0 Å². The summed E-state index contributed by atoms with van der Waals surface area (Å²) in [4.78, 5) is 15.5. The Morgan fingerprint density at radius 1 is 1.22 bits per heavy atom. The lowest BCUT2D eigenvalue weighted by Crippen LogP contribution is -2.36. The van der Waals surface area contributed by atoms with Gasteiger partial charge in [0.05, 0.1) is 42.1 Å². The van der Waals surface area contributed by atoms with Gasteiger partial charge in [-0.3, -0.25) is 0 Å². The van der Waals surface area contributed by atoms with E-state index in [1.807, 2.05) is 6.07 Å². The molecule has 4 heterocycles. The Labute approximate surface area is 167 Å². The standard InChI is InChI=1S/C18H21N5O2S.ClH/c1-24-14-3-2-13(23-6-8-25-9-7-23)16-15(14)22-18(26-16)17-20-11-4-5-19-10-12(11)21-17;/h2-3,19H,4-10H2,1H3,(H,20,21);1H. The quantitative estimate of drug-likeness (QED) is 0.695. The molecule has 2 N–H and O–H groups in total. The van der Waals surface area contributed by atoms with E-state index in [0.717, 1.165) is 78.3 Å². The summed E-state index contributed by atoms with van der Waals surface area (Å²) in [5.41, 5.74) is 4.43. The minimum atomic E-state index is 0. The van der Waals surface area contributed by atoms with Crippen LogP contribution in [0.15, 0.2) is 12.1 Å². The van der Waals surface area contributed by atoms with E-state index in [2.05, 4.69) is 21.3 Å². The molecule has 7 nitrogen and oxygen atoms in total. The molecule has 9 heteroatoms. The van der Waals surface area contributed by atoms with E-state index in [1.165, 1.54) is 11.4 Å². The SMILES string of the molecule is COc1ccc(N2CCOCC2)c2sc(-c3nc4c([nH]3)CNCC4)nc12.Cl. The largest absolute Gasteiger partial charge is 0.494 e. The molecule has 1 aromatic carbocycles. The number of nitrogens with one attached hydrogen (secondary N) is 2. The minimum Gasteiger partial charge on any atom is -0.494 e. The molecule has 0 radical (unpaired) electrons. The molecule has 0 spiro atoms. The summed E-state index contributed by atoms with van der Waals surface area (Å²) in [5.74, 6) is 1.66. The average molecular weight is 408 g/mol. The predicted octanol–water partition coefficient (Wildman–Crippen LogP) is 2.60. The number of rotatable bonds is 3. The maximum atomic E-state index is 5.56. The molecule has 5 rings (SSSR count). The summed E-state index contributed by atoms with van der Waals surface area (Å²) in [5, 5.41) is 4.29. The Morgan fingerprint density at radius 3 is 2.85 bits per heavy atom. The Morgan fingerprint density at radius 2 is 2.07 bits per heavy atom. The van der Waals surface area contributed by atoms with Crippen LogP contribution < -0.4 is 15.0 Å². The molecule has 1 saturated heterocycles. The maximum Gasteiger partial charge on any atom is 0.167 e. The monoisotopic (exact) mass is 407 g/mol. The van der Waals surface area contributed by atoms with E-state index >= 15 is 0 Å². The van der Waals surface area contributed by atoms with Crippen LogP contribution in [0.2, 0.25) is 0 Å². The van der Waals surface area contributed by atoms with Crippen molar-refractivity contribution in [1.82, 2.24) is 20.3 Å². The lowest BCUT2D eigenvalue weighted by Gasteiger charge is -2.29. The van der Waals surface area contributed by atoms with E-state index in [1.54, 1.807) is 18.4 Å². The number of hydrogen-bond donors (Lipinski definition) is 2. The third-order valence-electron chi connectivity index (χ3n) is 4.96. The number of aromatic amines is 1. The van der Waals surface area contributed by atoms with Crippen molar-refractivity contribution in [3.05, 3.63) is 23.5 Å². The maximum absolute atomic E-state index is 5.56. The van der Waals surface area contributed by atoms with Crippen LogP contribution in [-0.2, 0) is 17.7 Å². The lowest BCUT2D eigenvalue weighted by molar-refractivity contribution is 0.123. The number of aromatic nitrogens is 3. The molecule has 3 aromatic rings. The summed E-state index contributed by atoms with van der Waals surface area (Å²) in [6.45, 7) is 5.14. The molecule has 2 aliphatic rings. The van der Waals surface area contributed by atoms with Gasteiger partial charge in [0.25, 0.3) is 0 Å². The number of nitrogens with zero attached hydrogens (tertiary/aromatic N) is 3. The highest BCUT2D eigenvalue weighted by Crippen LogP contribution is 2.40. The summed E-state index contributed by atoms with van der Waals surface area (Å²) < 4.78 is 12.2. The number of H-pyrrole nitrogens is 1. The highest BCUT2D eigenvalue weighted by Gasteiger charge is 2.22. The van der Waals surface area contributed by atoms with Gasteiger partial charge in [0.1, 0.15) is 11.3 Å². The summed E-state index contributed by atoms with van der Waals surface area (Å²) in [7, 11) is 1.69. The number of ether oxygens (including phenoxy) is 2. The number of thiazole rings is 1. The van der Waals surface area contributed by atoms with Gasteiger partial charge in [0, 0.05) is 32.6 Å². The molecule has 2 aliphatic heterocycles. The van der Waals surface area contributed by atoms with Crippen molar-refractivity contribution in [2.24, 2.45) is 0 Å². The van der Waals surface area contributed by atoms with Gasteiger partial charge in [0.2, 0.25) is 0 Å². The van der Waals surface area contributed by atoms with Crippen LogP contribution in [0.5, 0.6) is 5.75 Å². The zero-order chi connectivity index (χ0) is 17.5. The van der Waals surface area contributed by atoms with E-state index in [-0.39, 0.29) is 12.4 Å². The third-order valence-corrected chi connectivity index (χ3v) is 6.05. The molecular weight excluding hydrogens is 386 g/mol. The topological polar surface area (TPSA) is 75.3 Å². The highest BCUT2D eigenvalue weighted by atomic mass is 35.5. The van der Waals surface area contributed by atoms with Crippen molar-refractivity contribution in [2.75, 3.05) is 44.9 Å². The van der Waals surface area contributed by atoms with Crippen LogP contribution in [0.1, 0.15) is 11.4 Å². The van der Waals surface area contributed by atoms with Crippen LogP contribution >= 0.6 is 23.7 Å². The molecule has 0 amide bonds. The van der Waals surface area contributed by atoms with Crippen LogP contribution in [0.4, 0.5) is 5.69 Å². The van der Waals surface area contributed by atoms with Crippen molar-refractivity contribution < 1.29 is 9.47 Å². The first-order valence-electron chi connectivity index (χ1n) is 8.92. The number of benzene rings is 1. The fourth-order valence-electron chi connectivity index (χ4n) is 3.61. The number of fused-ring (bicyclic) bond motifs is 2. The number of halogens is 1. The Balaban J connectivity index is 0.00000180. The van der Waals surface area contributed by atoms with Gasteiger partial charge < -0.3 is 24.7 Å². The molecule has 0 bridgehead atoms. The molecular formula is C18H22ClN5O2S. The van der Waals surface area contributed by atoms with Crippen LogP contribution in [0.3, 0.4) is 0 Å². The molecule has 0 atom stereocenters. The first-order valence-corrected chi connectivity index (χ1v) is 9.74. The van der Waals surface area contributed by atoms with Crippen LogP contribution in [0.25, 0.3) is 21.0 Å². The second kappa shape index (κ2) is 7.63. The molecule has 0 unspecified atom stereocenters. The Bertz CT molecular complexity index is 927. The number of morpholine rings is 1. The fourth-order valence-corrected chi connectivity index (χ4v) is 4.68. The second-order valence-electron chi connectivity index (χ2n) is 6.52. The third kappa shape index (κ3) is 3.27. The highest BCUT2D eigenvalue weighted by molar-refractivity contribution is 7.22. The lowest BCUT2D eigenvalue weighted by atomic mass is 10.2. The number of hydrogen-bond acceptors (Lipinski definition) is 7. The molecule has 144 valence electrons. The van der Waals surface area contributed by atoms with Gasteiger partial charge in [-0.05, 0) is 12.1 Å². The zero-order valence-corrected chi connectivity index (χ0v) is 16.7. The number of imidazole rings is 1. The van der Waals surface area contributed by atoms with Gasteiger partial charge in [-0.15, -0.1) is 23.7 Å². The van der Waals surface area contributed by atoms with E-state index < -0.39 is 0 Å². The average Bonchev–Trinajstić information content (AvgIpc) is 3.32.